The molecule has 2 atom stereocenters. The Bertz CT molecular complexity index is 785. The van der Waals surface area contributed by atoms with Crippen molar-refractivity contribution in [2.75, 3.05) is 0 Å². The van der Waals surface area contributed by atoms with Gasteiger partial charge in [-0.1, -0.05) is 12.1 Å². The lowest BCUT2D eigenvalue weighted by atomic mass is 10.2. The Morgan fingerprint density at radius 1 is 1.14 bits per heavy atom. The van der Waals surface area contributed by atoms with Gasteiger partial charge in [0.2, 0.25) is 0 Å². The minimum atomic E-state index is -0.157. The largest absolute Gasteiger partial charge is 0.464 e. The zero-order chi connectivity index (χ0) is 15.1. The summed E-state index contributed by atoms with van der Waals surface area (Å²) in [6.07, 6.45) is 0. The summed E-state index contributed by atoms with van der Waals surface area (Å²) in [7, 11) is 0. The number of para-hydroxylation sites is 1. The molecule has 0 radical (unpaired) electrons. The van der Waals surface area contributed by atoms with E-state index in [9.17, 15) is 0 Å². The van der Waals surface area contributed by atoms with E-state index in [1.54, 1.807) is 0 Å². The number of nitrogens with zero attached hydrogens (tertiary/aromatic N) is 2. The minimum absolute atomic E-state index is 0.0571. The van der Waals surface area contributed by atoms with Gasteiger partial charge in [-0.05, 0) is 51.5 Å². The molecule has 0 saturated heterocycles. The van der Waals surface area contributed by atoms with Crippen LogP contribution < -0.4 is 0 Å². The molecular weight excluding hydrogens is 284 g/mol. The fraction of sp³-hybridized carbons (Fsp3) is 0.353. The number of benzene rings is 1. The lowest BCUT2D eigenvalue weighted by Crippen LogP contribution is -2.10. The Morgan fingerprint density at radius 2 is 1.90 bits per heavy atom. The quantitative estimate of drug-likeness (QED) is 0.626. The summed E-state index contributed by atoms with van der Waals surface area (Å²) in [5.41, 5.74) is 3.27. The average molecular weight is 303 g/mol. The first kappa shape index (κ1) is 14.2. The maximum atomic E-state index is 6.35. The highest BCUT2D eigenvalue weighted by atomic mass is 35.5. The third kappa shape index (κ3) is 2.36. The van der Waals surface area contributed by atoms with Crippen molar-refractivity contribution < 1.29 is 4.42 Å². The molecule has 0 aliphatic rings. The van der Waals surface area contributed by atoms with Gasteiger partial charge in [0.05, 0.1) is 22.5 Å². The number of aryl methyl sites for hydroxylation is 2. The predicted molar refractivity (Wildman–Crippen MR) is 86.0 cm³/mol. The lowest BCUT2D eigenvalue weighted by Gasteiger charge is -2.16. The van der Waals surface area contributed by atoms with Crippen LogP contribution in [0.5, 0.6) is 0 Å². The molecular formula is C17H19ClN2O. The van der Waals surface area contributed by atoms with E-state index in [2.05, 4.69) is 36.6 Å². The second kappa shape index (κ2) is 5.23. The molecule has 110 valence electrons. The van der Waals surface area contributed by atoms with E-state index in [1.165, 1.54) is 0 Å². The molecule has 2 heterocycles. The summed E-state index contributed by atoms with van der Waals surface area (Å²) >= 11 is 6.35. The summed E-state index contributed by atoms with van der Waals surface area (Å²) in [4.78, 5) is 4.75. The molecule has 0 spiro atoms. The topological polar surface area (TPSA) is 31.0 Å². The molecule has 1 aromatic carbocycles. The van der Waals surface area contributed by atoms with E-state index < -0.39 is 0 Å². The van der Waals surface area contributed by atoms with Gasteiger partial charge in [-0.2, -0.15) is 0 Å². The zero-order valence-corrected chi connectivity index (χ0v) is 13.5. The molecule has 2 unspecified atom stereocenters. The number of rotatable bonds is 3. The number of fused-ring (bicyclic) bond motifs is 1. The first-order valence-corrected chi connectivity index (χ1v) is 7.60. The first-order valence-electron chi connectivity index (χ1n) is 7.17. The number of furan rings is 1. The number of hydrogen-bond acceptors (Lipinski definition) is 2. The Labute approximate surface area is 129 Å². The maximum absolute atomic E-state index is 6.35. The molecule has 0 aliphatic carbocycles. The summed E-state index contributed by atoms with van der Waals surface area (Å²) < 4.78 is 7.97. The second-order valence-corrected chi connectivity index (χ2v) is 6.18. The average Bonchev–Trinajstić information content (AvgIpc) is 3.02. The van der Waals surface area contributed by atoms with Gasteiger partial charge >= 0.3 is 0 Å². The molecule has 3 rings (SSSR count). The number of aromatic nitrogens is 2. The van der Waals surface area contributed by atoms with Gasteiger partial charge < -0.3 is 8.98 Å². The Morgan fingerprint density at radius 3 is 2.52 bits per heavy atom. The van der Waals surface area contributed by atoms with E-state index in [-0.39, 0.29) is 11.4 Å². The molecule has 0 fully saturated rings. The van der Waals surface area contributed by atoms with Crippen molar-refractivity contribution in [3.8, 4) is 0 Å². The minimum Gasteiger partial charge on any atom is -0.464 e. The smallest absolute Gasteiger partial charge is 0.128 e. The van der Waals surface area contributed by atoms with E-state index in [4.69, 9.17) is 21.0 Å². The lowest BCUT2D eigenvalue weighted by molar-refractivity contribution is 0.427. The summed E-state index contributed by atoms with van der Waals surface area (Å²) in [5.74, 6) is 2.72. The van der Waals surface area contributed by atoms with Crippen LogP contribution in [0, 0.1) is 13.8 Å². The van der Waals surface area contributed by atoms with Crippen molar-refractivity contribution in [2.24, 2.45) is 0 Å². The maximum Gasteiger partial charge on any atom is 0.128 e. The fourth-order valence-electron chi connectivity index (χ4n) is 2.77. The van der Waals surface area contributed by atoms with Crippen molar-refractivity contribution >= 4 is 22.6 Å². The van der Waals surface area contributed by atoms with Crippen LogP contribution in [0.1, 0.15) is 48.2 Å². The highest BCUT2D eigenvalue weighted by molar-refractivity contribution is 6.20. The number of alkyl halides is 1. The SMILES string of the molecule is Cc1ccc(C(C)n2c(C(C)Cl)nc3c(C)cccc32)o1. The van der Waals surface area contributed by atoms with E-state index in [0.717, 1.165) is 33.9 Å². The molecule has 4 heteroatoms. The van der Waals surface area contributed by atoms with E-state index >= 15 is 0 Å². The second-order valence-electron chi connectivity index (χ2n) is 5.52. The summed E-state index contributed by atoms with van der Waals surface area (Å²) in [6.45, 7) is 8.10. The van der Waals surface area contributed by atoms with Crippen molar-refractivity contribution in [3.05, 3.63) is 53.2 Å². The molecule has 21 heavy (non-hydrogen) atoms. The van der Waals surface area contributed by atoms with Crippen LogP contribution in [-0.4, -0.2) is 9.55 Å². The van der Waals surface area contributed by atoms with E-state index in [0.29, 0.717) is 0 Å². The third-order valence-electron chi connectivity index (χ3n) is 3.87. The van der Waals surface area contributed by atoms with E-state index in [1.807, 2.05) is 26.0 Å². The van der Waals surface area contributed by atoms with Crippen LogP contribution in [-0.2, 0) is 0 Å². The van der Waals surface area contributed by atoms with Crippen LogP contribution in [0.4, 0.5) is 0 Å². The Kier molecular flexibility index (Phi) is 3.54. The van der Waals surface area contributed by atoms with Gasteiger partial charge in [-0.15, -0.1) is 11.6 Å². The highest BCUT2D eigenvalue weighted by Gasteiger charge is 2.22. The van der Waals surface area contributed by atoms with Crippen molar-refractivity contribution in [1.82, 2.24) is 9.55 Å². The van der Waals surface area contributed by atoms with Crippen LogP contribution >= 0.6 is 11.6 Å². The fourth-order valence-corrected chi connectivity index (χ4v) is 2.92. The van der Waals surface area contributed by atoms with Crippen LogP contribution in [0.3, 0.4) is 0 Å². The summed E-state index contributed by atoms with van der Waals surface area (Å²) in [6, 6.07) is 10.3. The van der Waals surface area contributed by atoms with Crippen molar-refractivity contribution in [1.29, 1.82) is 0 Å². The van der Waals surface area contributed by atoms with Gasteiger partial charge in [0.25, 0.3) is 0 Å². The molecule has 0 aliphatic heterocycles. The van der Waals surface area contributed by atoms with Gasteiger partial charge in [0, 0.05) is 0 Å². The van der Waals surface area contributed by atoms with Gasteiger partial charge in [-0.3, -0.25) is 0 Å². The van der Waals surface area contributed by atoms with Gasteiger partial charge in [0.1, 0.15) is 17.3 Å². The Balaban J connectivity index is 2.24. The van der Waals surface area contributed by atoms with Gasteiger partial charge in [0.15, 0.2) is 0 Å². The highest BCUT2D eigenvalue weighted by Crippen LogP contribution is 2.32. The molecule has 3 aromatic rings. The molecule has 0 amide bonds. The predicted octanol–water partition coefficient (Wildman–Crippen LogP) is 5.16. The Hall–Kier alpha value is -1.74. The molecule has 0 N–H and O–H groups in total. The van der Waals surface area contributed by atoms with Crippen LogP contribution in [0.15, 0.2) is 34.7 Å². The van der Waals surface area contributed by atoms with Crippen LogP contribution in [0.2, 0.25) is 0 Å². The molecule has 0 bridgehead atoms. The first-order chi connectivity index (χ1) is 9.99. The standard InChI is InChI=1S/C17H19ClN2O/c1-10-6-5-7-14-16(10)19-17(12(3)18)20(14)13(4)15-9-8-11(2)21-15/h5-9,12-13H,1-4H3. The van der Waals surface area contributed by atoms with Crippen LogP contribution in [0.25, 0.3) is 11.0 Å². The summed E-state index contributed by atoms with van der Waals surface area (Å²) in [5, 5.41) is -0.157. The number of hydrogen-bond donors (Lipinski definition) is 0. The molecule has 0 saturated carbocycles. The molecule has 2 aromatic heterocycles. The van der Waals surface area contributed by atoms with Crippen molar-refractivity contribution in [2.45, 2.75) is 39.1 Å². The number of halogens is 1. The number of imidazole rings is 1. The van der Waals surface area contributed by atoms with Crippen molar-refractivity contribution in [3.63, 3.8) is 0 Å². The monoisotopic (exact) mass is 302 g/mol. The molecule has 3 nitrogen and oxygen atoms in total. The third-order valence-corrected chi connectivity index (χ3v) is 4.06. The normalized spacial score (nSPS) is 14.5. The van der Waals surface area contributed by atoms with Gasteiger partial charge in [-0.25, -0.2) is 4.98 Å². The zero-order valence-electron chi connectivity index (χ0n) is 12.7.